The number of fused-ring (bicyclic) bond motifs is 1. The summed E-state index contributed by atoms with van der Waals surface area (Å²) in [6, 6.07) is 6.92. The van der Waals surface area contributed by atoms with Crippen molar-refractivity contribution in [1.29, 1.82) is 0 Å². The van der Waals surface area contributed by atoms with E-state index in [2.05, 4.69) is 30.4 Å². The molecule has 0 saturated heterocycles. The number of hydrogen-bond donors (Lipinski definition) is 2. The minimum Gasteiger partial charge on any atom is -0.391 e. The Bertz CT molecular complexity index is 423. The van der Waals surface area contributed by atoms with Crippen LogP contribution in [-0.2, 0) is 12.8 Å². The monoisotopic (exact) mass is 245 g/mol. The van der Waals surface area contributed by atoms with Crippen LogP contribution in [0, 0.1) is 5.92 Å². The van der Waals surface area contributed by atoms with Gasteiger partial charge in [-0.25, -0.2) is 0 Å². The lowest BCUT2D eigenvalue weighted by atomic mass is 9.85. The SMILES string of the molecule is CCc1ccc2c(c1)CC(O)C(C1CCCC1)N2. The smallest absolute Gasteiger partial charge is 0.0784 e. The third-order valence-corrected chi connectivity index (χ3v) is 4.65. The molecule has 2 aliphatic rings. The van der Waals surface area contributed by atoms with E-state index in [9.17, 15) is 5.11 Å². The highest BCUT2D eigenvalue weighted by atomic mass is 16.3. The normalized spacial score (nSPS) is 27.9. The van der Waals surface area contributed by atoms with Crippen molar-refractivity contribution in [2.75, 3.05) is 5.32 Å². The van der Waals surface area contributed by atoms with E-state index in [1.165, 1.54) is 42.5 Å². The number of anilines is 1. The first-order chi connectivity index (χ1) is 8.78. The van der Waals surface area contributed by atoms with Crippen molar-refractivity contribution >= 4 is 5.69 Å². The number of aryl methyl sites for hydroxylation is 1. The van der Waals surface area contributed by atoms with Crippen molar-refractivity contribution in [2.45, 2.75) is 57.6 Å². The molecule has 1 aromatic carbocycles. The predicted octanol–water partition coefficient (Wildman–Crippen LogP) is 3.14. The summed E-state index contributed by atoms with van der Waals surface area (Å²) in [6.45, 7) is 2.18. The van der Waals surface area contributed by atoms with Crippen LogP contribution in [0.25, 0.3) is 0 Å². The van der Waals surface area contributed by atoms with Crippen molar-refractivity contribution in [3.63, 3.8) is 0 Å². The number of hydrogen-bond acceptors (Lipinski definition) is 2. The predicted molar refractivity (Wildman–Crippen MR) is 74.9 cm³/mol. The number of benzene rings is 1. The van der Waals surface area contributed by atoms with Crippen LogP contribution >= 0.6 is 0 Å². The van der Waals surface area contributed by atoms with Crippen LogP contribution in [-0.4, -0.2) is 17.3 Å². The lowest BCUT2D eigenvalue weighted by Crippen LogP contribution is -2.43. The van der Waals surface area contributed by atoms with E-state index >= 15 is 0 Å². The molecule has 0 aromatic heterocycles. The maximum Gasteiger partial charge on any atom is 0.0784 e. The van der Waals surface area contributed by atoms with Crippen LogP contribution in [0.5, 0.6) is 0 Å². The van der Waals surface area contributed by atoms with Gasteiger partial charge in [-0.05, 0) is 42.4 Å². The van der Waals surface area contributed by atoms with E-state index in [1.54, 1.807) is 0 Å². The fourth-order valence-electron chi connectivity index (χ4n) is 3.55. The van der Waals surface area contributed by atoms with Gasteiger partial charge in [0.2, 0.25) is 0 Å². The molecule has 2 atom stereocenters. The Hall–Kier alpha value is -1.02. The van der Waals surface area contributed by atoms with Crippen LogP contribution in [0.15, 0.2) is 18.2 Å². The van der Waals surface area contributed by atoms with Crippen molar-refractivity contribution < 1.29 is 5.11 Å². The maximum absolute atomic E-state index is 10.4. The Morgan fingerprint density at radius 2 is 2.06 bits per heavy atom. The molecule has 18 heavy (non-hydrogen) atoms. The molecule has 98 valence electrons. The van der Waals surface area contributed by atoms with Crippen LogP contribution in [0.2, 0.25) is 0 Å². The van der Waals surface area contributed by atoms with Gasteiger partial charge in [0.1, 0.15) is 0 Å². The highest BCUT2D eigenvalue weighted by Crippen LogP contribution is 2.35. The fourth-order valence-corrected chi connectivity index (χ4v) is 3.55. The van der Waals surface area contributed by atoms with Gasteiger partial charge in [0.05, 0.1) is 12.1 Å². The highest BCUT2D eigenvalue weighted by molar-refractivity contribution is 5.56. The molecular formula is C16H23NO. The molecule has 1 aromatic rings. The van der Waals surface area contributed by atoms with Crippen LogP contribution in [0.3, 0.4) is 0 Å². The number of aliphatic hydroxyl groups is 1. The third-order valence-electron chi connectivity index (χ3n) is 4.65. The van der Waals surface area contributed by atoms with Gasteiger partial charge in [-0.3, -0.25) is 0 Å². The fraction of sp³-hybridized carbons (Fsp3) is 0.625. The minimum absolute atomic E-state index is 0.215. The van der Waals surface area contributed by atoms with E-state index in [4.69, 9.17) is 0 Å². The van der Waals surface area contributed by atoms with Crippen LogP contribution in [0.4, 0.5) is 5.69 Å². The van der Waals surface area contributed by atoms with E-state index < -0.39 is 0 Å². The molecule has 1 saturated carbocycles. The van der Waals surface area contributed by atoms with Crippen molar-refractivity contribution in [3.05, 3.63) is 29.3 Å². The van der Waals surface area contributed by atoms with Crippen molar-refractivity contribution in [2.24, 2.45) is 5.92 Å². The quantitative estimate of drug-likeness (QED) is 0.839. The zero-order valence-corrected chi connectivity index (χ0v) is 11.2. The van der Waals surface area contributed by atoms with E-state index in [1.807, 2.05) is 0 Å². The van der Waals surface area contributed by atoms with Gasteiger partial charge in [0.15, 0.2) is 0 Å². The Labute approximate surface area is 109 Å². The van der Waals surface area contributed by atoms with Gasteiger partial charge in [-0.1, -0.05) is 31.9 Å². The first-order valence-corrected chi connectivity index (χ1v) is 7.34. The maximum atomic E-state index is 10.4. The molecule has 3 rings (SSSR count). The summed E-state index contributed by atoms with van der Waals surface area (Å²) in [5.74, 6) is 0.666. The lowest BCUT2D eigenvalue weighted by Gasteiger charge is -2.35. The second-order valence-corrected chi connectivity index (χ2v) is 5.83. The zero-order valence-electron chi connectivity index (χ0n) is 11.2. The second-order valence-electron chi connectivity index (χ2n) is 5.83. The van der Waals surface area contributed by atoms with Gasteiger partial charge in [0.25, 0.3) is 0 Å². The van der Waals surface area contributed by atoms with Crippen molar-refractivity contribution in [3.8, 4) is 0 Å². The van der Waals surface area contributed by atoms with Crippen molar-refractivity contribution in [1.82, 2.24) is 0 Å². The van der Waals surface area contributed by atoms with Crippen LogP contribution < -0.4 is 5.32 Å². The summed E-state index contributed by atoms with van der Waals surface area (Å²) in [6.07, 6.45) is 6.88. The summed E-state index contributed by atoms with van der Waals surface area (Å²) >= 11 is 0. The number of nitrogens with one attached hydrogen (secondary N) is 1. The molecule has 0 bridgehead atoms. The van der Waals surface area contributed by atoms with Gasteiger partial charge in [0, 0.05) is 12.1 Å². The largest absolute Gasteiger partial charge is 0.391 e. The molecular weight excluding hydrogens is 222 g/mol. The number of rotatable bonds is 2. The molecule has 1 aliphatic heterocycles. The van der Waals surface area contributed by atoms with Gasteiger partial charge in [-0.2, -0.15) is 0 Å². The molecule has 2 N–H and O–H groups in total. The summed E-state index contributed by atoms with van der Waals surface area (Å²) in [7, 11) is 0. The van der Waals surface area contributed by atoms with E-state index in [0.717, 1.165) is 12.8 Å². The third kappa shape index (κ3) is 2.14. The zero-order chi connectivity index (χ0) is 12.5. The Kier molecular flexibility index (Phi) is 3.29. The average molecular weight is 245 g/mol. The van der Waals surface area contributed by atoms with Gasteiger partial charge >= 0.3 is 0 Å². The first-order valence-electron chi connectivity index (χ1n) is 7.34. The van der Waals surface area contributed by atoms with E-state index in [-0.39, 0.29) is 12.1 Å². The second kappa shape index (κ2) is 4.93. The Morgan fingerprint density at radius 1 is 1.28 bits per heavy atom. The van der Waals surface area contributed by atoms with Crippen LogP contribution in [0.1, 0.15) is 43.7 Å². The average Bonchev–Trinajstić information content (AvgIpc) is 2.91. The van der Waals surface area contributed by atoms with E-state index in [0.29, 0.717) is 5.92 Å². The number of aliphatic hydroxyl groups excluding tert-OH is 1. The molecule has 2 nitrogen and oxygen atoms in total. The Morgan fingerprint density at radius 3 is 2.78 bits per heavy atom. The minimum atomic E-state index is -0.215. The van der Waals surface area contributed by atoms with Gasteiger partial charge < -0.3 is 10.4 Å². The lowest BCUT2D eigenvalue weighted by molar-refractivity contribution is 0.122. The standard InChI is InChI=1S/C16H23NO/c1-2-11-7-8-14-13(9-11)10-15(18)16(17-14)12-5-3-4-6-12/h7-9,12,15-18H,2-6,10H2,1H3. The first kappa shape index (κ1) is 12.0. The Balaban J connectivity index is 1.82. The summed E-state index contributed by atoms with van der Waals surface area (Å²) < 4.78 is 0. The molecule has 1 aliphatic carbocycles. The molecule has 0 spiro atoms. The van der Waals surface area contributed by atoms with Gasteiger partial charge in [-0.15, -0.1) is 0 Å². The molecule has 0 radical (unpaired) electrons. The molecule has 0 amide bonds. The summed E-state index contributed by atoms with van der Waals surface area (Å²) in [5.41, 5.74) is 3.90. The highest BCUT2D eigenvalue weighted by Gasteiger charge is 2.34. The summed E-state index contributed by atoms with van der Waals surface area (Å²) in [5, 5.41) is 14.0. The molecule has 1 heterocycles. The summed E-state index contributed by atoms with van der Waals surface area (Å²) in [4.78, 5) is 0. The topological polar surface area (TPSA) is 32.3 Å². The molecule has 1 fully saturated rings. The molecule has 2 unspecified atom stereocenters. The molecule has 2 heteroatoms.